The lowest BCUT2D eigenvalue weighted by Gasteiger charge is -2.35. The minimum atomic E-state index is -4.38. The van der Waals surface area contributed by atoms with Crippen LogP contribution < -0.4 is 19.1 Å². The number of carbonyl (C=O) groups is 2. The first-order valence-electron chi connectivity index (χ1n) is 15.0. The molecule has 4 rings (SSSR count). The smallest absolute Gasteiger partial charge is 0.264 e. The van der Waals surface area contributed by atoms with E-state index in [2.05, 4.69) is 5.32 Å². The van der Waals surface area contributed by atoms with Crippen LogP contribution in [0.1, 0.15) is 31.9 Å². The third-order valence-corrected chi connectivity index (χ3v) is 9.12. The maximum atomic E-state index is 15.1. The molecule has 0 aliphatic heterocycles. The highest BCUT2D eigenvalue weighted by atomic mass is 32.2. The van der Waals surface area contributed by atoms with Crippen LogP contribution in [0.2, 0.25) is 0 Å². The van der Waals surface area contributed by atoms with Crippen LogP contribution in [-0.4, -0.2) is 57.5 Å². The van der Waals surface area contributed by atoms with Crippen LogP contribution in [0, 0.1) is 5.82 Å². The maximum Gasteiger partial charge on any atom is 0.264 e. The van der Waals surface area contributed by atoms with Gasteiger partial charge in [-0.3, -0.25) is 13.9 Å². The normalized spacial score (nSPS) is 12.1. The fraction of sp³-hybridized carbons (Fsp3) is 0.278. The number of methoxy groups -OCH3 is 2. The summed E-state index contributed by atoms with van der Waals surface area (Å²) in [5.41, 5.74) is 0.397. The predicted molar refractivity (Wildman–Crippen MR) is 179 cm³/mol. The molecule has 47 heavy (non-hydrogen) atoms. The molecule has 1 N–H and O–H groups in total. The Morgan fingerprint density at radius 1 is 0.830 bits per heavy atom. The molecule has 2 amide bonds. The van der Waals surface area contributed by atoms with E-state index in [1.807, 2.05) is 51.1 Å². The van der Waals surface area contributed by atoms with Crippen molar-refractivity contribution >= 4 is 27.5 Å². The van der Waals surface area contributed by atoms with Crippen molar-refractivity contribution in [1.82, 2.24) is 10.2 Å². The van der Waals surface area contributed by atoms with E-state index in [0.29, 0.717) is 5.75 Å². The topological polar surface area (TPSA) is 105 Å². The molecule has 0 saturated heterocycles. The lowest BCUT2D eigenvalue weighted by atomic mass is 10.0. The molecule has 0 fully saturated rings. The summed E-state index contributed by atoms with van der Waals surface area (Å²) in [6, 6.07) is 26.2. The van der Waals surface area contributed by atoms with Gasteiger partial charge in [-0.1, -0.05) is 60.7 Å². The lowest BCUT2D eigenvalue weighted by Crippen LogP contribution is -2.56. The van der Waals surface area contributed by atoms with Crippen LogP contribution in [0.5, 0.6) is 11.5 Å². The van der Waals surface area contributed by atoms with Crippen LogP contribution in [0.4, 0.5) is 10.1 Å². The second-order valence-electron chi connectivity index (χ2n) is 11.9. The van der Waals surface area contributed by atoms with Crippen LogP contribution in [0.25, 0.3) is 0 Å². The largest absolute Gasteiger partial charge is 0.497 e. The fourth-order valence-corrected chi connectivity index (χ4v) is 6.47. The third kappa shape index (κ3) is 8.88. The summed E-state index contributed by atoms with van der Waals surface area (Å²) in [5.74, 6) is -1.08. The van der Waals surface area contributed by atoms with Gasteiger partial charge in [0.1, 0.15) is 29.9 Å². The molecule has 0 aromatic heterocycles. The van der Waals surface area contributed by atoms with Gasteiger partial charge in [-0.25, -0.2) is 12.8 Å². The Labute approximate surface area is 276 Å². The van der Waals surface area contributed by atoms with Crippen LogP contribution >= 0.6 is 0 Å². The molecule has 0 unspecified atom stereocenters. The Balaban J connectivity index is 1.85. The number of sulfonamides is 1. The van der Waals surface area contributed by atoms with Gasteiger partial charge in [-0.05, 0) is 68.8 Å². The molecule has 0 radical (unpaired) electrons. The minimum absolute atomic E-state index is 0.0935. The zero-order valence-corrected chi connectivity index (χ0v) is 28.0. The molecular formula is C36H40FN3O6S. The van der Waals surface area contributed by atoms with Gasteiger partial charge in [0, 0.05) is 24.1 Å². The Morgan fingerprint density at radius 2 is 1.45 bits per heavy atom. The minimum Gasteiger partial charge on any atom is -0.497 e. The Bertz CT molecular complexity index is 1780. The predicted octanol–water partition coefficient (Wildman–Crippen LogP) is 5.59. The number of nitrogens with one attached hydrogen (secondary N) is 1. The molecule has 248 valence electrons. The van der Waals surface area contributed by atoms with Crippen molar-refractivity contribution in [3.8, 4) is 11.5 Å². The van der Waals surface area contributed by atoms with Gasteiger partial charge in [-0.15, -0.1) is 0 Å². The highest BCUT2D eigenvalue weighted by molar-refractivity contribution is 7.92. The zero-order chi connectivity index (χ0) is 34.2. The van der Waals surface area contributed by atoms with E-state index in [1.54, 1.807) is 24.3 Å². The average molecular weight is 662 g/mol. The second-order valence-corrected chi connectivity index (χ2v) is 13.8. The molecule has 4 aromatic carbocycles. The standard InChI is InChI=1S/C36H40FN3O6S/c1-36(2,3)38-35(42)32(23-26-13-7-6-8-14-26)39(24-27-15-9-10-16-30(27)37)34(41)25-40(31-17-11-12-18-33(31)46-5)47(43,44)29-21-19-28(45-4)20-22-29/h6-22,32H,23-25H2,1-5H3,(H,38,42)/t32-/m0/s1. The summed E-state index contributed by atoms with van der Waals surface area (Å²) in [4.78, 5) is 29.7. The molecule has 1 atom stereocenters. The van der Waals surface area contributed by atoms with E-state index in [4.69, 9.17) is 9.47 Å². The molecule has 0 heterocycles. The van der Waals surface area contributed by atoms with Crippen molar-refractivity contribution in [3.63, 3.8) is 0 Å². The first kappa shape index (κ1) is 35.0. The van der Waals surface area contributed by atoms with Gasteiger partial charge in [0.15, 0.2) is 0 Å². The second kappa shape index (κ2) is 15.1. The number of carbonyl (C=O) groups excluding carboxylic acids is 2. The summed E-state index contributed by atoms with van der Waals surface area (Å²) >= 11 is 0. The van der Waals surface area contributed by atoms with Gasteiger partial charge >= 0.3 is 0 Å². The van der Waals surface area contributed by atoms with E-state index in [9.17, 15) is 18.0 Å². The average Bonchev–Trinajstić information content (AvgIpc) is 3.05. The van der Waals surface area contributed by atoms with Crippen molar-refractivity contribution in [2.24, 2.45) is 0 Å². The SMILES string of the molecule is COc1ccc(S(=O)(=O)N(CC(=O)N(Cc2ccccc2F)[C@@H](Cc2ccccc2)C(=O)NC(C)(C)C)c2ccccc2OC)cc1. The lowest BCUT2D eigenvalue weighted by molar-refractivity contribution is -0.140. The molecule has 0 aliphatic carbocycles. The van der Waals surface area contributed by atoms with Crippen molar-refractivity contribution in [2.75, 3.05) is 25.1 Å². The molecule has 4 aromatic rings. The van der Waals surface area contributed by atoms with Gasteiger partial charge in [0.05, 0.1) is 24.8 Å². The monoisotopic (exact) mass is 661 g/mol. The summed E-state index contributed by atoms with van der Waals surface area (Å²) < 4.78 is 55.3. The highest BCUT2D eigenvalue weighted by Crippen LogP contribution is 2.33. The molecular weight excluding hydrogens is 621 g/mol. The number of amides is 2. The maximum absolute atomic E-state index is 15.1. The number of hydrogen-bond donors (Lipinski definition) is 1. The number of rotatable bonds is 13. The zero-order valence-electron chi connectivity index (χ0n) is 27.1. The van der Waals surface area contributed by atoms with E-state index in [0.717, 1.165) is 9.87 Å². The first-order valence-corrected chi connectivity index (χ1v) is 16.5. The van der Waals surface area contributed by atoms with Gasteiger partial charge in [0.25, 0.3) is 10.0 Å². The Hall–Kier alpha value is -4.90. The number of ether oxygens (including phenoxy) is 2. The summed E-state index contributed by atoms with van der Waals surface area (Å²) in [5, 5.41) is 2.96. The molecule has 9 nitrogen and oxygen atoms in total. The molecule has 0 aliphatic rings. The summed E-state index contributed by atoms with van der Waals surface area (Å²) in [7, 11) is -1.51. The van der Waals surface area contributed by atoms with Crippen molar-refractivity contribution in [1.29, 1.82) is 0 Å². The molecule has 11 heteroatoms. The van der Waals surface area contributed by atoms with Gasteiger partial charge < -0.3 is 19.7 Å². The fourth-order valence-electron chi connectivity index (χ4n) is 5.04. The van der Waals surface area contributed by atoms with Crippen molar-refractivity contribution in [3.05, 3.63) is 120 Å². The quantitative estimate of drug-likeness (QED) is 0.200. The van der Waals surface area contributed by atoms with E-state index >= 15 is 4.39 Å². The Morgan fingerprint density at radius 3 is 2.06 bits per heavy atom. The third-order valence-electron chi connectivity index (χ3n) is 7.35. The highest BCUT2D eigenvalue weighted by Gasteiger charge is 2.36. The van der Waals surface area contributed by atoms with Crippen LogP contribution in [0.15, 0.2) is 108 Å². The van der Waals surface area contributed by atoms with Crippen LogP contribution in [-0.2, 0) is 32.6 Å². The van der Waals surface area contributed by atoms with E-state index in [1.165, 1.54) is 67.7 Å². The molecule has 0 bridgehead atoms. The van der Waals surface area contributed by atoms with Crippen molar-refractivity contribution in [2.45, 2.75) is 50.2 Å². The van der Waals surface area contributed by atoms with E-state index in [-0.39, 0.29) is 34.9 Å². The van der Waals surface area contributed by atoms with Gasteiger partial charge in [-0.2, -0.15) is 0 Å². The number of benzene rings is 4. The number of anilines is 1. The number of nitrogens with zero attached hydrogens (tertiary/aromatic N) is 2. The number of para-hydroxylation sites is 2. The van der Waals surface area contributed by atoms with E-state index < -0.39 is 45.8 Å². The van der Waals surface area contributed by atoms with Crippen LogP contribution in [0.3, 0.4) is 0 Å². The first-order chi connectivity index (χ1) is 22.3. The van der Waals surface area contributed by atoms with Crippen molar-refractivity contribution < 1.29 is 31.9 Å². The summed E-state index contributed by atoms with van der Waals surface area (Å²) in [6.45, 7) is 4.45. The Kier molecular flexibility index (Phi) is 11.3. The van der Waals surface area contributed by atoms with Gasteiger partial charge in [0.2, 0.25) is 11.8 Å². The molecule has 0 saturated carbocycles. The number of hydrogen-bond acceptors (Lipinski definition) is 6. The molecule has 0 spiro atoms. The summed E-state index contributed by atoms with van der Waals surface area (Å²) in [6.07, 6.45) is 0.100. The number of halogens is 1.